The third kappa shape index (κ3) is 2.46. The first-order chi connectivity index (χ1) is 9.24. The molecule has 2 aromatic carbocycles. The number of hydrogen-bond donors (Lipinski definition) is 0. The van der Waals surface area contributed by atoms with Gasteiger partial charge in [0.1, 0.15) is 11.6 Å². The minimum Gasteiger partial charge on any atom is -0.372 e. The second-order valence-corrected chi connectivity index (χ2v) is 4.87. The van der Waals surface area contributed by atoms with Crippen molar-refractivity contribution in [2.75, 3.05) is 18.0 Å². The normalized spacial score (nSPS) is 14.9. The average Bonchev–Trinajstić information content (AvgIpc) is 2.93. The second-order valence-electron chi connectivity index (χ2n) is 4.87. The van der Waals surface area contributed by atoms with Gasteiger partial charge in [-0.25, -0.2) is 8.78 Å². The number of hydrogen-bond acceptors (Lipinski definition) is 1. The van der Waals surface area contributed by atoms with Crippen LogP contribution in [-0.4, -0.2) is 13.1 Å². The zero-order chi connectivity index (χ0) is 13.2. The van der Waals surface area contributed by atoms with Crippen molar-refractivity contribution < 1.29 is 8.78 Å². The van der Waals surface area contributed by atoms with Gasteiger partial charge in [-0.1, -0.05) is 12.1 Å². The molecule has 2 aromatic rings. The van der Waals surface area contributed by atoms with Gasteiger partial charge in [-0.15, -0.1) is 0 Å². The van der Waals surface area contributed by atoms with E-state index in [1.165, 1.54) is 30.7 Å². The molecule has 0 aliphatic carbocycles. The molecular weight excluding hydrogens is 244 g/mol. The number of rotatable bonds is 2. The van der Waals surface area contributed by atoms with E-state index in [1.807, 2.05) is 24.3 Å². The highest BCUT2D eigenvalue weighted by Crippen LogP contribution is 2.27. The highest BCUT2D eigenvalue weighted by atomic mass is 19.1. The SMILES string of the molecule is Fc1ccc(-c2ccc(N3CCCC3)cc2)c(F)c1. The molecule has 0 N–H and O–H groups in total. The maximum Gasteiger partial charge on any atom is 0.133 e. The van der Waals surface area contributed by atoms with E-state index >= 15 is 0 Å². The van der Waals surface area contributed by atoms with Crippen molar-refractivity contribution in [3.63, 3.8) is 0 Å². The number of benzene rings is 2. The quantitative estimate of drug-likeness (QED) is 0.780. The van der Waals surface area contributed by atoms with Crippen LogP contribution in [0.3, 0.4) is 0 Å². The van der Waals surface area contributed by atoms with Crippen LogP contribution >= 0.6 is 0 Å². The van der Waals surface area contributed by atoms with E-state index in [1.54, 1.807) is 0 Å². The first kappa shape index (κ1) is 12.2. The summed E-state index contributed by atoms with van der Waals surface area (Å²) >= 11 is 0. The summed E-state index contributed by atoms with van der Waals surface area (Å²) in [4.78, 5) is 2.32. The molecule has 1 aliphatic heterocycles. The van der Waals surface area contributed by atoms with Crippen LogP contribution in [0.2, 0.25) is 0 Å². The lowest BCUT2D eigenvalue weighted by Gasteiger charge is -2.17. The summed E-state index contributed by atoms with van der Waals surface area (Å²) in [7, 11) is 0. The molecular formula is C16H15F2N. The third-order valence-electron chi connectivity index (χ3n) is 3.58. The minimum atomic E-state index is -0.546. The highest BCUT2D eigenvalue weighted by Gasteiger charge is 2.12. The molecule has 3 rings (SSSR count). The Kier molecular flexibility index (Phi) is 3.20. The van der Waals surface area contributed by atoms with Gasteiger partial charge in [0.05, 0.1) is 0 Å². The van der Waals surface area contributed by atoms with Gasteiger partial charge >= 0.3 is 0 Å². The zero-order valence-electron chi connectivity index (χ0n) is 10.6. The molecule has 0 amide bonds. The van der Waals surface area contributed by atoms with Crippen molar-refractivity contribution in [1.82, 2.24) is 0 Å². The second kappa shape index (κ2) is 5.00. The molecule has 0 bridgehead atoms. The van der Waals surface area contributed by atoms with Crippen LogP contribution in [0, 0.1) is 11.6 Å². The van der Waals surface area contributed by atoms with Crippen molar-refractivity contribution in [3.8, 4) is 11.1 Å². The lowest BCUT2D eigenvalue weighted by Crippen LogP contribution is -2.17. The molecule has 1 nitrogen and oxygen atoms in total. The van der Waals surface area contributed by atoms with E-state index in [9.17, 15) is 8.78 Å². The van der Waals surface area contributed by atoms with Crippen LogP contribution in [-0.2, 0) is 0 Å². The van der Waals surface area contributed by atoms with Gasteiger partial charge in [-0.05, 0) is 42.7 Å². The van der Waals surface area contributed by atoms with Crippen LogP contribution in [0.4, 0.5) is 14.5 Å². The Balaban J connectivity index is 1.89. The van der Waals surface area contributed by atoms with Crippen LogP contribution in [0.5, 0.6) is 0 Å². The molecule has 0 saturated carbocycles. The fraction of sp³-hybridized carbons (Fsp3) is 0.250. The third-order valence-corrected chi connectivity index (χ3v) is 3.58. The van der Waals surface area contributed by atoms with Gasteiger partial charge in [-0.2, -0.15) is 0 Å². The van der Waals surface area contributed by atoms with Crippen molar-refractivity contribution in [2.24, 2.45) is 0 Å². The van der Waals surface area contributed by atoms with E-state index in [4.69, 9.17) is 0 Å². The van der Waals surface area contributed by atoms with E-state index in [0.717, 1.165) is 24.7 Å². The number of anilines is 1. The van der Waals surface area contributed by atoms with E-state index < -0.39 is 11.6 Å². The molecule has 0 spiro atoms. The van der Waals surface area contributed by atoms with Crippen molar-refractivity contribution in [1.29, 1.82) is 0 Å². The van der Waals surface area contributed by atoms with Gasteiger partial charge in [0.15, 0.2) is 0 Å². The smallest absolute Gasteiger partial charge is 0.133 e. The summed E-state index contributed by atoms with van der Waals surface area (Å²) in [6.45, 7) is 2.18. The van der Waals surface area contributed by atoms with Crippen LogP contribution in [0.25, 0.3) is 11.1 Å². The predicted molar refractivity (Wildman–Crippen MR) is 73.2 cm³/mol. The first-order valence-electron chi connectivity index (χ1n) is 6.54. The van der Waals surface area contributed by atoms with Crippen LogP contribution in [0.15, 0.2) is 42.5 Å². The Morgan fingerprint density at radius 2 is 1.53 bits per heavy atom. The summed E-state index contributed by atoms with van der Waals surface area (Å²) < 4.78 is 26.6. The van der Waals surface area contributed by atoms with E-state index in [-0.39, 0.29) is 0 Å². The summed E-state index contributed by atoms with van der Waals surface area (Å²) in [5.74, 6) is -1.07. The summed E-state index contributed by atoms with van der Waals surface area (Å²) in [6.07, 6.45) is 2.46. The molecule has 1 saturated heterocycles. The molecule has 98 valence electrons. The van der Waals surface area contributed by atoms with Crippen LogP contribution in [0.1, 0.15) is 12.8 Å². The van der Waals surface area contributed by atoms with Crippen molar-refractivity contribution >= 4 is 5.69 Å². The molecule has 1 fully saturated rings. The van der Waals surface area contributed by atoms with Gasteiger partial charge in [0.2, 0.25) is 0 Å². The average molecular weight is 259 g/mol. The molecule has 0 atom stereocenters. The molecule has 1 heterocycles. The molecule has 19 heavy (non-hydrogen) atoms. The maximum absolute atomic E-state index is 13.7. The van der Waals surface area contributed by atoms with Gasteiger partial charge in [0, 0.05) is 30.4 Å². The fourth-order valence-corrected chi connectivity index (χ4v) is 2.55. The summed E-state index contributed by atoms with van der Waals surface area (Å²) in [5.41, 5.74) is 2.39. The maximum atomic E-state index is 13.7. The van der Waals surface area contributed by atoms with Gasteiger partial charge in [0.25, 0.3) is 0 Å². The lowest BCUT2D eigenvalue weighted by molar-refractivity contribution is 0.585. The Bertz CT molecular complexity index is 572. The lowest BCUT2D eigenvalue weighted by atomic mass is 10.0. The minimum absolute atomic E-state index is 0.439. The van der Waals surface area contributed by atoms with Crippen LogP contribution < -0.4 is 4.90 Å². The largest absolute Gasteiger partial charge is 0.372 e. The number of halogens is 2. The summed E-state index contributed by atoms with van der Waals surface area (Å²) in [6, 6.07) is 11.5. The molecule has 3 heteroatoms. The standard InChI is InChI=1S/C16H15F2N/c17-13-5-8-15(16(18)11-13)12-3-6-14(7-4-12)19-9-1-2-10-19/h3-8,11H,1-2,9-10H2. The Morgan fingerprint density at radius 1 is 0.842 bits per heavy atom. The fourth-order valence-electron chi connectivity index (χ4n) is 2.55. The predicted octanol–water partition coefficient (Wildman–Crippen LogP) is 4.23. The van der Waals surface area contributed by atoms with Crippen molar-refractivity contribution in [2.45, 2.75) is 12.8 Å². The summed E-state index contributed by atoms with van der Waals surface area (Å²) in [5, 5.41) is 0. The Hall–Kier alpha value is -1.90. The molecule has 0 aromatic heterocycles. The van der Waals surface area contributed by atoms with Gasteiger partial charge < -0.3 is 4.90 Å². The monoisotopic (exact) mass is 259 g/mol. The van der Waals surface area contributed by atoms with Gasteiger partial charge in [-0.3, -0.25) is 0 Å². The first-order valence-corrected chi connectivity index (χ1v) is 6.54. The number of nitrogens with zero attached hydrogens (tertiary/aromatic N) is 1. The Morgan fingerprint density at radius 3 is 2.16 bits per heavy atom. The molecule has 0 radical (unpaired) electrons. The highest BCUT2D eigenvalue weighted by molar-refractivity contribution is 5.67. The van der Waals surface area contributed by atoms with E-state index in [0.29, 0.717) is 5.56 Å². The topological polar surface area (TPSA) is 3.24 Å². The van der Waals surface area contributed by atoms with Crippen molar-refractivity contribution in [3.05, 3.63) is 54.1 Å². The molecule has 0 unspecified atom stereocenters. The molecule has 1 aliphatic rings. The zero-order valence-corrected chi connectivity index (χ0v) is 10.6. The Labute approximate surface area is 111 Å². The van der Waals surface area contributed by atoms with E-state index in [2.05, 4.69) is 4.90 Å².